The summed E-state index contributed by atoms with van der Waals surface area (Å²) < 4.78 is 5.45. The Balaban J connectivity index is 2.50. The highest BCUT2D eigenvalue weighted by molar-refractivity contribution is 5.78. The summed E-state index contributed by atoms with van der Waals surface area (Å²) in [6, 6.07) is 7.36. The highest BCUT2D eigenvalue weighted by Gasteiger charge is 2.11. The van der Waals surface area contributed by atoms with Crippen LogP contribution >= 0.6 is 0 Å². The van der Waals surface area contributed by atoms with Gasteiger partial charge in [-0.3, -0.25) is 9.59 Å². The Labute approximate surface area is 131 Å². The fraction of sp³-hybridized carbons (Fsp3) is 0.500. The maximum atomic E-state index is 11.8. The number of ether oxygens (including phenoxy) is 1. The van der Waals surface area contributed by atoms with Gasteiger partial charge in [-0.2, -0.15) is 0 Å². The van der Waals surface area contributed by atoms with Gasteiger partial charge in [0.15, 0.2) is 6.61 Å². The number of amides is 2. The standard InChI is InChI=1S/C16H25N3O3/c1-12(9-17-2)16(21)18-10-13-6-5-7-14(8-13)22-11-15(20)19(3)4/h5-8,12,17H,9-11H2,1-4H3,(H,18,21). The molecule has 6 nitrogen and oxygen atoms in total. The average Bonchev–Trinajstić information content (AvgIpc) is 2.50. The van der Waals surface area contributed by atoms with Crippen LogP contribution < -0.4 is 15.4 Å². The minimum atomic E-state index is -0.0976. The molecule has 0 aliphatic rings. The molecule has 0 saturated heterocycles. The monoisotopic (exact) mass is 307 g/mol. The zero-order valence-corrected chi connectivity index (χ0v) is 13.7. The van der Waals surface area contributed by atoms with Gasteiger partial charge < -0.3 is 20.3 Å². The Hall–Kier alpha value is -2.08. The van der Waals surface area contributed by atoms with E-state index in [0.717, 1.165) is 5.56 Å². The number of nitrogens with one attached hydrogen (secondary N) is 2. The molecule has 122 valence electrons. The predicted octanol–water partition coefficient (Wildman–Crippen LogP) is 0.625. The number of benzene rings is 1. The zero-order chi connectivity index (χ0) is 16.5. The number of likely N-dealkylation sites (N-methyl/N-ethyl adjacent to an activating group) is 1. The van der Waals surface area contributed by atoms with Crippen LogP contribution in [-0.2, 0) is 16.1 Å². The summed E-state index contributed by atoms with van der Waals surface area (Å²) in [4.78, 5) is 24.8. The Morgan fingerprint density at radius 1 is 1.32 bits per heavy atom. The third kappa shape index (κ3) is 6.13. The lowest BCUT2D eigenvalue weighted by Crippen LogP contribution is -2.33. The molecule has 0 heterocycles. The van der Waals surface area contributed by atoms with Crippen molar-refractivity contribution in [2.24, 2.45) is 5.92 Å². The molecule has 0 bridgehead atoms. The van der Waals surface area contributed by atoms with Crippen LogP contribution in [0.25, 0.3) is 0 Å². The normalized spacial score (nSPS) is 11.6. The number of carbonyl (C=O) groups is 2. The second-order valence-electron chi connectivity index (χ2n) is 5.40. The third-order valence-corrected chi connectivity index (χ3v) is 3.18. The molecular formula is C16H25N3O3. The molecule has 0 fully saturated rings. The predicted molar refractivity (Wildman–Crippen MR) is 85.6 cm³/mol. The van der Waals surface area contributed by atoms with Gasteiger partial charge in [-0.25, -0.2) is 0 Å². The zero-order valence-electron chi connectivity index (χ0n) is 13.7. The molecule has 1 unspecified atom stereocenters. The van der Waals surface area contributed by atoms with Crippen molar-refractivity contribution in [3.63, 3.8) is 0 Å². The van der Waals surface area contributed by atoms with Gasteiger partial charge in [-0.05, 0) is 24.7 Å². The fourth-order valence-electron chi connectivity index (χ4n) is 1.78. The largest absolute Gasteiger partial charge is 0.484 e. The van der Waals surface area contributed by atoms with E-state index in [1.54, 1.807) is 20.2 Å². The van der Waals surface area contributed by atoms with Gasteiger partial charge in [0.25, 0.3) is 5.91 Å². The summed E-state index contributed by atoms with van der Waals surface area (Å²) >= 11 is 0. The van der Waals surface area contributed by atoms with Crippen molar-refractivity contribution in [2.75, 3.05) is 34.3 Å². The molecule has 1 rings (SSSR count). The molecule has 0 saturated carbocycles. The molecule has 2 amide bonds. The minimum absolute atomic E-state index is 0.00200. The topological polar surface area (TPSA) is 70.7 Å². The van der Waals surface area contributed by atoms with Gasteiger partial charge in [0.2, 0.25) is 5.91 Å². The lowest BCUT2D eigenvalue weighted by molar-refractivity contribution is -0.130. The number of carbonyl (C=O) groups excluding carboxylic acids is 2. The van der Waals surface area contributed by atoms with Crippen molar-refractivity contribution in [1.29, 1.82) is 0 Å². The molecule has 0 aromatic heterocycles. The summed E-state index contributed by atoms with van der Waals surface area (Å²) in [5.74, 6) is 0.440. The van der Waals surface area contributed by atoms with Gasteiger partial charge in [-0.15, -0.1) is 0 Å². The molecule has 0 aliphatic heterocycles. The number of hydrogen-bond acceptors (Lipinski definition) is 4. The van der Waals surface area contributed by atoms with E-state index in [9.17, 15) is 9.59 Å². The van der Waals surface area contributed by atoms with Gasteiger partial charge in [0.1, 0.15) is 5.75 Å². The Kier molecular flexibility index (Phi) is 7.39. The molecule has 1 aromatic carbocycles. The fourth-order valence-corrected chi connectivity index (χ4v) is 1.78. The van der Waals surface area contributed by atoms with Crippen LogP contribution in [-0.4, -0.2) is 51.0 Å². The third-order valence-electron chi connectivity index (χ3n) is 3.18. The molecule has 6 heteroatoms. The van der Waals surface area contributed by atoms with Crippen molar-refractivity contribution >= 4 is 11.8 Å². The SMILES string of the molecule is CNCC(C)C(=O)NCc1cccc(OCC(=O)N(C)C)c1. The summed E-state index contributed by atoms with van der Waals surface area (Å²) in [7, 11) is 5.19. The van der Waals surface area contributed by atoms with Crippen molar-refractivity contribution in [2.45, 2.75) is 13.5 Å². The van der Waals surface area contributed by atoms with Gasteiger partial charge in [0.05, 0.1) is 0 Å². The molecule has 2 N–H and O–H groups in total. The molecule has 1 atom stereocenters. The van der Waals surface area contributed by atoms with E-state index < -0.39 is 0 Å². The van der Waals surface area contributed by atoms with Crippen molar-refractivity contribution in [3.8, 4) is 5.75 Å². The number of nitrogens with zero attached hydrogens (tertiary/aromatic N) is 1. The first kappa shape index (κ1) is 18.0. The van der Waals surface area contributed by atoms with Crippen LogP contribution in [0.3, 0.4) is 0 Å². The lowest BCUT2D eigenvalue weighted by Gasteiger charge is -2.13. The van der Waals surface area contributed by atoms with E-state index >= 15 is 0 Å². The highest BCUT2D eigenvalue weighted by atomic mass is 16.5. The second kappa shape index (κ2) is 9.04. The van der Waals surface area contributed by atoms with E-state index in [-0.39, 0.29) is 24.3 Å². The molecule has 0 aliphatic carbocycles. The maximum absolute atomic E-state index is 11.8. The van der Waals surface area contributed by atoms with Crippen molar-refractivity contribution < 1.29 is 14.3 Å². The Morgan fingerprint density at radius 3 is 2.68 bits per heavy atom. The molecule has 0 spiro atoms. The van der Waals surface area contributed by atoms with E-state index in [1.165, 1.54) is 4.90 Å². The van der Waals surface area contributed by atoms with Crippen molar-refractivity contribution in [1.82, 2.24) is 15.5 Å². The molecule has 22 heavy (non-hydrogen) atoms. The minimum Gasteiger partial charge on any atom is -0.484 e. The lowest BCUT2D eigenvalue weighted by atomic mass is 10.1. The van der Waals surface area contributed by atoms with Crippen molar-refractivity contribution in [3.05, 3.63) is 29.8 Å². The van der Waals surface area contributed by atoms with Crippen LogP contribution in [0, 0.1) is 5.92 Å². The molecule has 0 radical (unpaired) electrons. The van der Waals surface area contributed by atoms with E-state index in [4.69, 9.17) is 4.74 Å². The van der Waals surface area contributed by atoms with Gasteiger partial charge >= 0.3 is 0 Å². The van der Waals surface area contributed by atoms with E-state index in [2.05, 4.69) is 10.6 Å². The first-order valence-electron chi connectivity index (χ1n) is 7.28. The smallest absolute Gasteiger partial charge is 0.259 e. The second-order valence-corrected chi connectivity index (χ2v) is 5.40. The van der Waals surface area contributed by atoms with Crippen LogP contribution in [0.1, 0.15) is 12.5 Å². The first-order valence-corrected chi connectivity index (χ1v) is 7.28. The maximum Gasteiger partial charge on any atom is 0.259 e. The molecule has 1 aromatic rings. The number of hydrogen-bond donors (Lipinski definition) is 2. The molecular weight excluding hydrogens is 282 g/mol. The quantitative estimate of drug-likeness (QED) is 0.739. The van der Waals surface area contributed by atoms with E-state index in [1.807, 2.05) is 32.2 Å². The van der Waals surface area contributed by atoms with Crippen LogP contribution in [0.5, 0.6) is 5.75 Å². The summed E-state index contributed by atoms with van der Waals surface area (Å²) in [6.45, 7) is 2.95. The summed E-state index contributed by atoms with van der Waals surface area (Å²) in [5, 5.41) is 5.86. The Bertz CT molecular complexity index is 503. The summed E-state index contributed by atoms with van der Waals surface area (Å²) in [5.41, 5.74) is 0.930. The van der Waals surface area contributed by atoms with E-state index in [0.29, 0.717) is 18.8 Å². The highest BCUT2D eigenvalue weighted by Crippen LogP contribution is 2.13. The van der Waals surface area contributed by atoms with Crippen LogP contribution in [0.4, 0.5) is 0 Å². The number of rotatable bonds is 8. The Morgan fingerprint density at radius 2 is 2.05 bits per heavy atom. The summed E-state index contributed by atoms with van der Waals surface area (Å²) in [6.07, 6.45) is 0. The van der Waals surface area contributed by atoms with Crippen LogP contribution in [0.15, 0.2) is 24.3 Å². The first-order chi connectivity index (χ1) is 10.4. The van der Waals surface area contributed by atoms with Gasteiger partial charge in [-0.1, -0.05) is 19.1 Å². The average molecular weight is 307 g/mol. The van der Waals surface area contributed by atoms with Gasteiger partial charge in [0, 0.05) is 33.1 Å². The van der Waals surface area contributed by atoms with Crippen LogP contribution in [0.2, 0.25) is 0 Å².